The van der Waals surface area contributed by atoms with Crippen LogP contribution in [0.15, 0.2) is 71.7 Å². The number of hydrogen-bond donors (Lipinski definition) is 0. The van der Waals surface area contributed by atoms with Crippen LogP contribution in [0, 0.1) is 0 Å². The van der Waals surface area contributed by atoms with E-state index < -0.39 is 0 Å². The van der Waals surface area contributed by atoms with E-state index in [1.165, 1.54) is 0 Å². The molecule has 1 heterocycles. The van der Waals surface area contributed by atoms with Gasteiger partial charge in [-0.3, -0.25) is 9.79 Å². The largest absolute Gasteiger partial charge is 0.457 e. The van der Waals surface area contributed by atoms with Gasteiger partial charge in [0.05, 0.1) is 5.69 Å². The molecule has 118 valence electrons. The summed E-state index contributed by atoms with van der Waals surface area (Å²) >= 11 is 0. The van der Waals surface area contributed by atoms with Crippen LogP contribution < -0.4 is 4.74 Å². The fraction of sp³-hybridized carbons (Fsp3) is 0.0500. The Kier molecular flexibility index (Phi) is 4.77. The Hall–Kier alpha value is -3.27. The molecule has 24 heavy (non-hydrogen) atoms. The second-order valence-electron chi connectivity index (χ2n) is 5.15. The molecule has 4 heteroatoms. The number of ether oxygens (including phenoxy) is 1. The molecule has 3 rings (SSSR count). The van der Waals surface area contributed by atoms with Gasteiger partial charge in [-0.15, -0.1) is 0 Å². The Morgan fingerprint density at radius 2 is 1.58 bits per heavy atom. The van der Waals surface area contributed by atoms with E-state index >= 15 is 0 Å². The average Bonchev–Trinajstić information content (AvgIpc) is 2.64. The molecule has 4 nitrogen and oxygen atoms in total. The lowest BCUT2D eigenvalue weighted by atomic mass is 10.1. The highest BCUT2D eigenvalue weighted by atomic mass is 16.5. The van der Waals surface area contributed by atoms with E-state index in [0.29, 0.717) is 5.69 Å². The van der Waals surface area contributed by atoms with Gasteiger partial charge in [-0.1, -0.05) is 6.07 Å². The van der Waals surface area contributed by atoms with Gasteiger partial charge in [-0.05, 0) is 66.2 Å². The number of carbonyl (C=O) groups excluding carboxylic acids is 1. The molecule has 3 aromatic rings. The summed E-state index contributed by atoms with van der Waals surface area (Å²) in [6, 6.07) is 20.7. The van der Waals surface area contributed by atoms with Crippen molar-refractivity contribution in [1.82, 2.24) is 4.98 Å². The number of hydrogen-bond acceptors (Lipinski definition) is 4. The van der Waals surface area contributed by atoms with Crippen molar-refractivity contribution in [2.75, 3.05) is 7.05 Å². The third-order valence-corrected chi connectivity index (χ3v) is 3.44. The molecule has 0 fully saturated rings. The first-order valence-corrected chi connectivity index (χ1v) is 7.51. The normalized spacial score (nSPS) is 10.7. The highest BCUT2D eigenvalue weighted by Crippen LogP contribution is 2.25. The van der Waals surface area contributed by atoms with Crippen LogP contribution in [-0.4, -0.2) is 24.5 Å². The number of aldehydes is 1. The Bertz CT molecular complexity index is 854. The molecule has 0 spiro atoms. The summed E-state index contributed by atoms with van der Waals surface area (Å²) in [5.74, 6) is 1.50. The van der Waals surface area contributed by atoms with E-state index in [1.54, 1.807) is 19.3 Å². The van der Waals surface area contributed by atoms with E-state index in [9.17, 15) is 4.79 Å². The lowest BCUT2D eigenvalue weighted by Crippen LogP contribution is -1.90. The zero-order valence-electron chi connectivity index (χ0n) is 13.2. The molecule has 0 saturated carbocycles. The number of pyridine rings is 1. The van der Waals surface area contributed by atoms with E-state index in [4.69, 9.17) is 4.74 Å². The predicted molar refractivity (Wildman–Crippen MR) is 95.1 cm³/mol. The van der Waals surface area contributed by atoms with Crippen molar-refractivity contribution in [1.29, 1.82) is 0 Å². The van der Waals surface area contributed by atoms with E-state index in [0.717, 1.165) is 34.6 Å². The summed E-state index contributed by atoms with van der Waals surface area (Å²) < 4.78 is 5.83. The molecular weight excluding hydrogens is 300 g/mol. The SMILES string of the molecule is CN=Cc1ccc(Oc2ccc(-c3cccc(C=O)n3)cc2)cc1. The molecular formula is C20H16N2O2. The van der Waals surface area contributed by atoms with Gasteiger partial charge in [0.15, 0.2) is 6.29 Å². The first-order valence-electron chi connectivity index (χ1n) is 7.51. The summed E-state index contributed by atoms with van der Waals surface area (Å²) in [5.41, 5.74) is 3.14. The van der Waals surface area contributed by atoms with Crippen LogP contribution in [0.1, 0.15) is 16.1 Å². The molecule has 0 bridgehead atoms. The van der Waals surface area contributed by atoms with Crippen molar-refractivity contribution in [2.24, 2.45) is 4.99 Å². The summed E-state index contributed by atoms with van der Waals surface area (Å²) in [6.07, 6.45) is 2.53. The standard InChI is InChI=1S/C20H16N2O2/c1-21-13-15-5-9-18(10-6-15)24-19-11-7-16(8-12-19)20-4-2-3-17(14-23)22-20/h2-14H,1H3. The Balaban J connectivity index is 1.75. The molecule has 0 saturated heterocycles. The highest BCUT2D eigenvalue weighted by Gasteiger charge is 2.02. The Morgan fingerprint density at radius 1 is 0.917 bits per heavy atom. The van der Waals surface area contributed by atoms with Crippen LogP contribution >= 0.6 is 0 Å². The first kappa shape index (κ1) is 15.6. The molecule has 0 aliphatic carbocycles. The number of benzene rings is 2. The van der Waals surface area contributed by atoms with E-state index in [1.807, 2.05) is 60.7 Å². The van der Waals surface area contributed by atoms with Crippen LogP contribution in [0.4, 0.5) is 0 Å². The van der Waals surface area contributed by atoms with Crippen LogP contribution in [0.3, 0.4) is 0 Å². The lowest BCUT2D eigenvalue weighted by Gasteiger charge is -2.07. The van der Waals surface area contributed by atoms with Gasteiger partial charge in [-0.2, -0.15) is 0 Å². The van der Waals surface area contributed by atoms with Crippen LogP contribution in [0.2, 0.25) is 0 Å². The smallest absolute Gasteiger partial charge is 0.168 e. The molecule has 0 unspecified atom stereocenters. The fourth-order valence-corrected chi connectivity index (χ4v) is 2.28. The molecule has 0 amide bonds. The van der Waals surface area contributed by atoms with Gasteiger partial charge in [-0.25, -0.2) is 4.98 Å². The Morgan fingerprint density at radius 3 is 2.21 bits per heavy atom. The summed E-state index contributed by atoms with van der Waals surface area (Å²) in [6.45, 7) is 0. The predicted octanol–water partition coefficient (Wildman–Crippen LogP) is 4.40. The van der Waals surface area contributed by atoms with E-state index in [-0.39, 0.29) is 0 Å². The number of rotatable bonds is 5. The minimum atomic E-state index is 0.420. The van der Waals surface area contributed by atoms with Crippen molar-refractivity contribution in [2.45, 2.75) is 0 Å². The van der Waals surface area contributed by atoms with Crippen molar-refractivity contribution in [3.05, 3.63) is 78.0 Å². The van der Waals surface area contributed by atoms with Gasteiger partial charge in [0.25, 0.3) is 0 Å². The Labute approximate surface area is 140 Å². The van der Waals surface area contributed by atoms with Gasteiger partial charge in [0.1, 0.15) is 17.2 Å². The second kappa shape index (κ2) is 7.33. The fourth-order valence-electron chi connectivity index (χ4n) is 2.28. The second-order valence-corrected chi connectivity index (χ2v) is 5.15. The quantitative estimate of drug-likeness (QED) is 0.518. The van der Waals surface area contributed by atoms with Gasteiger partial charge >= 0.3 is 0 Å². The third-order valence-electron chi connectivity index (χ3n) is 3.44. The van der Waals surface area contributed by atoms with Crippen LogP contribution in [0.5, 0.6) is 11.5 Å². The average molecular weight is 316 g/mol. The maximum Gasteiger partial charge on any atom is 0.168 e. The summed E-state index contributed by atoms with van der Waals surface area (Å²) in [4.78, 5) is 19.1. The van der Waals surface area contributed by atoms with Crippen molar-refractivity contribution >= 4 is 12.5 Å². The molecule has 1 aromatic heterocycles. The molecule has 0 atom stereocenters. The molecule has 0 aliphatic rings. The van der Waals surface area contributed by atoms with Gasteiger partial charge in [0.2, 0.25) is 0 Å². The number of carbonyl (C=O) groups is 1. The zero-order valence-corrected chi connectivity index (χ0v) is 13.2. The minimum Gasteiger partial charge on any atom is -0.457 e. The number of aromatic nitrogens is 1. The lowest BCUT2D eigenvalue weighted by molar-refractivity contribution is 0.111. The number of nitrogens with zero attached hydrogens (tertiary/aromatic N) is 2. The molecule has 0 aliphatic heterocycles. The summed E-state index contributed by atoms with van der Waals surface area (Å²) in [5, 5.41) is 0. The van der Waals surface area contributed by atoms with E-state index in [2.05, 4.69) is 9.98 Å². The molecule has 2 aromatic carbocycles. The van der Waals surface area contributed by atoms with Crippen molar-refractivity contribution < 1.29 is 9.53 Å². The zero-order chi connectivity index (χ0) is 16.8. The van der Waals surface area contributed by atoms with Crippen LogP contribution in [-0.2, 0) is 0 Å². The highest BCUT2D eigenvalue weighted by molar-refractivity contribution is 5.79. The minimum absolute atomic E-state index is 0.420. The maximum atomic E-state index is 10.8. The van der Waals surface area contributed by atoms with Crippen molar-refractivity contribution in [3.63, 3.8) is 0 Å². The third kappa shape index (κ3) is 3.73. The number of aliphatic imine (C=N–C) groups is 1. The van der Waals surface area contributed by atoms with Crippen molar-refractivity contribution in [3.8, 4) is 22.8 Å². The topological polar surface area (TPSA) is 51.5 Å². The first-order chi connectivity index (χ1) is 11.8. The van der Waals surface area contributed by atoms with Crippen LogP contribution in [0.25, 0.3) is 11.3 Å². The summed E-state index contributed by atoms with van der Waals surface area (Å²) in [7, 11) is 1.74. The molecule has 0 N–H and O–H groups in total. The molecule has 0 radical (unpaired) electrons. The van der Waals surface area contributed by atoms with Gasteiger partial charge in [0, 0.05) is 18.8 Å². The van der Waals surface area contributed by atoms with Gasteiger partial charge < -0.3 is 4.74 Å². The maximum absolute atomic E-state index is 10.8. The monoisotopic (exact) mass is 316 g/mol.